The molecule has 0 saturated heterocycles. The van der Waals surface area contributed by atoms with Gasteiger partial charge in [0.25, 0.3) is 5.91 Å². The van der Waals surface area contributed by atoms with E-state index in [0.717, 1.165) is 0 Å². The smallest absolute Gasteiger partial charge is 0.366 e. The number of rotatable bonds is 9. The highest BCUT2D eigenvalue weighted by molar-refractivity contribution is 7.44. The van der Waals surface area contributed by atoms with Gasteiger partial charge in [0, 0.05) is 6.42 Å². The quantitative estimate of drug-likeness (QED) is 0.267. The van der Waals surface area contributed by atoms with Gasteiger partial charge in [0.05, 0.1) is 0 Å². The molecule has 10 heteroatoms. The van der Waals surface area contributed by atoms with Crippen LogP contribution in [0.5, 0.6) is 0 Å². The first-order valence-corrected chi connectivity index (χ1v) is 7.89. The van der Waals surface area contributed by atoms with Crippen molar-refractivity contribution in [3.8, 4) is 0 Å². The molecule has 0 aliphatic heterocycles. The summed E-state index contributed by atoms with van der Waals surface area (Å²) in [4.78, 5) is 34.0. The van der Waals surface area contributed by atoms with E-state index in [-0.39, 0.29) is 19.0 Å². The lowest BCUT2D eigenvalue weighted by Crippen LogP contribution is -2.64. The number of aliphatic hydroxyl groups excluding tert-OH is 1. The zero-order valence-corrected chi connectivity index (χ0v) is 12.9. The second-order valence-electron chi connectivity index (χ2n) is 4.73. The zero-order valence-electron chi connectivity index (χ0n) is 12.0. The Morgan fingerprint density at radius 3 is 2.43 bits per heavy atom. The number of carbonyl (C=O) groups excluding carboxylic acids is 2. The van der Waals surface area contributed by atoms with Crippen LogP contribution in [0.25, 0.3) is 0 Å². The molecule has 0 aliphatic carbocycles. The lowest BCUT2D eigenvalue weighted by atomic mass is 10.1. The van der Waals surface area contributed by atoms with Crippen molar-refractivity contribution in [3.63, 3.8) is 0 Å². The van der Waals surface area contributed by atoms with E-state index in [0.29, 0.717) is 0 Å². The van der Waals surface area contributed by atoms with Gasteiger partial charge in [-0.05, 0) is 20.3 Å². The van der Waals surface area contributed by atoms with Crippen molar-refractivity contribution in [2.24, 2.45) is 5.73 Å². The Bertz CT molecular complexity index is 426. The van der Waals surface area contributed by atoms with Crippen LogP contribution in [0.2, 0.25) is 0 Å². The van der Waals surface area contributed by atoms with Crippen molar-refractivity contribution in [1.82, 2.24) is 10.6 Å². The number of carboxylic acid groups (broad SMARTS) is 1. The maximum atomic E-state index is 11.7. The molecule has 0 aromatic carbocycles. The minimum atomic E-state index is -1.75. The van der Waals surface area contributed by atoms with Crippen molar-refractivity contribution in [2.75, 3.05) is 12.5 Å². The van der Waals surface area contributed by atoms with Gasteiger partial charge in [0.2, 0.25) is 12.3 Å². The molecule has 9 nitrogen and oxygen atoms in total. The third kappa shape index (κ3) is 7.69. The number of hydrogen-bond acceptors (Lipinski definition) is 6. The van der Waals surface area contributed by atoms with Crippen molar-refractivity contribution in [1.29, 1.82) is 0 Å². The molecule has 0 fully saturated rings. The van der Waals surface area contributed by atoms with Gasteiger partial charge in [0.1, 0.15) is 12.2 Å². The van der Waals surface area contributed by atoms with Crippen LogP contribution in [0.3, 0.4) is 0 Å². The summed E-state index contributed by atoms with van der Waals surface area (Å²) in [6.45, 7) is 2.51. The fraction of sp³-hybridized carbons (Fsp3) is 0.727. The van der Waals surface area contributed by atoms with E-state index < -0.39 is 43.6 Å². The van der Waals surface area contributed by atoms with Crippen molar-refractivity contribution in [2.45, 2.75) is 38.4 Å². The number of nitrogens with one attached hydrogen (secondary N) is 2. The second kappa shape index (κ2) is 8.66. The van der Waals surface area contributed by atoms with Gasteiger partial charge in [0.15, 0.2) is 5.66 Å². The summed E-state index contributed by atoms with van der Waals surface area (Å²) in [6, 6.07) is -1.13. The fourth-order valence-corrected chi connectivity index (χ4v) is 1.96. The van der Waals surface area contributed by atoms with Crippen LogP contribution in [0.15, 0.2) is 0 Å². The van der Waals surface area contributed by atoms with Crippen LogP contribution in [0, 0.1) is 0 Å². The Hall–Kier alpha value is -1.57. The first-order valence-electron chi connectivity index (χ1n) is 6.26. The van der Waals surface area contributed by atoms with Gasteiger partial charge < -0.3 is 26.6 Å². The zero-order chi connectivity index (χ0) is 16.6. The van der Waals surface area contributed by atoms with Gasteiger partial charge in [-0.25, -0.2) is 0 Å². The van der Waals surface area contributed by atoms with E-state index in [1.54, 1.807) is 0 Å². The molecule has 21 heavy (non-hydrogen) atoms. The van der Waals surface area contributed by atoms with Gasteiger partial charge in [-0.3, -0.25) is 14.4 Å². The molecule has 0 aromatic heterocycles. The van der Waals surface area contributed by atoms with Gasteiger partial charge in [-0.1, -0.05) is 4.57 Å². The molecular formula is C11H21N3O6P+. The molecular weight excluding hydrogens is 301 g/mol. The Morgan fingerprint density at radius 1 is 1.38 bits per heavy atom. The number of carboxylic acids is 1. The van der Waals surface area contributed by atoms with Crippen LogP contribution in [0.1, 0.15) is 26.7 Å². The monoisotopic (exact) mass is 322 g/mol. The first kappa shape index (κ1) is 19.4. The van der Waals surface area contributed by atoms with Crippen LogP contribution in [0.4, 0.5) is 0 Å². The third-order valence-electron chi connectivity index (χ3n) is 2.56. The molecule has 0 saturated carbocycles. The summed E-state index contributed by atoms with van der Waals surface area (Å²) in [5, 5.41) is 21.7. The molecule has 3 atom stereocenters. The summed E-state index contributed by atoms with van der Waals surface area (Å²) in [6.07, 6.45) is 0.0459. The Labute approximate surface area is 123 Å². The first-order chi connectivity index (χ1) is 9.60. The summed E-state index contributed by atoms with van der Waals surface area (Å²) >= 11 is 0. The lowest BCUT2D eigenvalue weighted by molar-refractivity contribution is -0.142. The lowest BCUT2D eigenvalue weighted by Gasteiger charge is -2.25. The normalized spacial score (nSPS) is 15.5. The van der Waals surface area contributed by atoms with Gasteiger partial charge in [-0.2, -0.15) is 0 Å². The van der Waals surface area contributed by atoms with Crippen LogP contribution >= 0.6 is 7.80 Å². The SMILES string of the molecule is CC(NC(=O)C(C)(N)NC(=O)CCC[P+](=O)CO)C(=O)O. The number of carbonyl (C=O) groups is 3. The number of amides is 2. The van der Waals surface area contributed by atoms with Crippen molar-refractivity contribution < 1.29 is 29.2 Å². The van der Waals surface area contributed by atoms with E-state index in [9.17, 15) is 18.9 Å². The fourth-order valence-electron chi connectivity index (χ4n) is 1.30. The van der Waals surface area contributed by atoms with E-state index in [1.165, 1.54) is 13.8 Å². The summed E-state index contributed by atoms with van der Waals surface area (Å²) in [7, 11) is -1.72. The molecule has 0 spiro atoms. The third-order valence-corrected chi connectivity index (χ3v) is 3.69. The highest BCUT2D eigenvalue weighted by Gasteiger charge is 2.32. The second-order valence-corrected chi connectivity index (χ2v) is 6.43. The molecule has 0 aliphatic rings. The van der Waals surface area contributed by atoms with Crippen LogP contribution in [-0.2, 0) is 18.9 Å². The molecule has 6 N–H and O–H groups in total. The van der Waals surface area contributed by atoms with E-state index >= 15 is 0 Å². The minimum Gasteiger partial charge on any atom is -0.480 e. The largest absolute Gasteiger partial charge is 0.480 e. The van der Waals surface area contributed by atoms with Gasteiger partial charge in [-0.15, -0.1) is 0 Å². The standard InChI is InChI=1S/C11H20N3O6P/c1-7(9(17)18)13-10(19)11(2,12)14-8(16)4-3-5-21(20)6-15/h7,15H,3-6,12H2,1-2H3,(H2-,13,14,16,17,18,19)/p+1. The summed E-state index contributed by atoms with van der Waals surface area (Å²) in [5.74, 6) is -2.58. The average molecular weight is 322 g/mol. The maximum Gasteiger partial charge on any atom is 0.366 e. The van der Waals surface area contributed by atoms with Crippen molar-refractivity contribution in [3.05, 3.63) is 0 Å². The highest BCUT2D eigenvalue weighted by Crippen LogP contribution is 2.19. The predicted molar refractivity (Wildman–Crippen MR) is 74.8 cm³/mol. The summed E-state index contributed by atoms with van der Waals surface area (Å²) in [5.41, 5.74) is 3.88. The molecule has 0 heterocycles. The molecule has 120 valence electrons. The minimum absolute atomic E-state index is 0.00434. The molecule has 3 unspecified atom stereocenters. The number of nitrogens with two attached hydrogens (primary N) is 1. The Morgan fingerprint density at radius 2 is 1.95 bits per heavy atom. The molecule has 0 radical (unpaired) electrons. The Balaban J connectivity index is 4.32. The number of hydrogen-bond donors (Lipinski definition) is 5. The maximum absolute atomic E-state index is 11.7. The van der Waals surface area contributed by atoms with E-state index in [2.05, 4.69) is 10.6 Å². The summed E-state index contributed by atoms with van der Waals surface area (Å²) < 4.78 is 11.0. The number of aliphatic hydroxyl groups is 1. The Kier molecular flexibility index (Phi) is 8.01. The topological polar surface area (TPSA) is 159 Å². The predicted octanol–water partition coefficient (Wildman–Crippen LogP) is -1.08. The van der Waals surface area contributed by atoms with Crippen LogP contribution < -0.4 is 16.4 Å². The molecule has 0 rings (SSSR count). The van der Waals surface area contributed by atoms with Crippen LogP contribution in [-0.4, -0.2) is 52.2 Å². The average Bonchev–Trinajstić information content (AvgIpc) is 2.37. The number of aliphatic carboxylic acids is 1. The molecule has 2 amide bonds. The highest BCUT2D eigenvalue weighted by atomic mass is 31.1. The molecule has 0 aromatic rings. The van der Waals surface area contributed by atoms with Gasteiger partial charge >= 0.3 is 13.8 Å². The van der Waals surface area contributed by atoms with Crippen molar-refractivity contribution >= 4 is 25.6 Å². The van der Waals surface area contributed by atoms with E-state index in [4.69, 9.17) is 15.9 Å². The molecule has 0 bridgehead atoms. The van der Waals surface area contributed by atoms with E-state index in [1.807, 2.05) is 0 Å².